The SMILES string of the molecule is CC1Cc2cncnc2N1C. The minimum absolute atomic E-state index is 0.571. The largest absolute Gasteiger partial charge is 0.356 e. The second kappa shape index (κ2) is 2.19. The van der Waals surface area contributed by atoms with Crippen LogP contribution < -0.4 is 4.90 Å². The van der Waals surface area contributed by atoms with Gasteiger partial charge in [0, 0.05) is 24.8 Å². The van der Waals surface area contributed by atoms with Crippen LogP contribution in [-0.4, -0.2) is 23.1 Å². The zero-order valence-corrected chi connectivity index (χ0v) is 6.78. The maximum absolute atomic E-state index is 4.21. The first kappa shape index (κ1) is 6.58. The van der Waals surface area contributed by atoms with E-state index in [0.717, 1.165) is 12.2 Å². The van der Waals surface area contributed by atoms with Crippen LogP contribution in [0.2, 0.25) is 0 Å². The molecule has 0 N–H and O–H groups in total. The van der Waals surface area contributed by atoms with E-state index >= 15 is 0 Å². The highest BCUT2D eigenvalue weighted by atomic mass is 15.2. The average molecular weight is 149 g/mol. The lowest BCUT2D eigenvalue weighted by atomic mass is 10.2. The minimum Gasteiger partial charge on any atom is -0.356 e. The molecule has 2 heterocycles. The van der Waals surface area contributed by atoms with Gasteiger partial charge in [-0.05, 0) is 13.3 Å². The summed E-state index contributed by atoms with van der Waals surface area (Å²) in [6.07, 6.45) is 4.59. The van der Waals surface area contributed by atoms with E-state index in [1.54, 1.807) is 6.33 Å². The molecule has 0 bridgehead atoms. The Kier molecular flexibility index (Phi) is 1.31. The highest BCUT2D eigenvalue weighted by Gasteiger charge is 2.23. The molecule has 0 aromatic carbocycles. The number of nitrogens with zero attached hydrogens (tertiary/aromatic N) is 3. The molecule has 0 aliphatic carbocycles. The summed E-state index contributed by atoms with van der Waals surface area (Å²) < 4.78 is 0. The van der Waals surface area contributed by atoms with Crippen molar-refractivity contribution in [1.29, 1.82) is 0 Å². The average Bonchev–Trinajstić information content (AvgIpc) is 2.30. The smallest absolute Gasteiger partial charge is 0.135 e. The Morgan fingerprint density at radius 1 is 1.64 bits per heavy atom. The van der Waals surface area contributed by atoms with Crippen molar-refractivity contribution >= 4 is 5.82 Å². The number of hydrogen-bond donors (Lipinski definition) is 0. The molecule has 0 spiro atoms. The summed E-state index contributed by atoms with van der Waals surface area (Å²) in [5, 5.41) is 0. The monoisotopic (exact) mass is 149 g/mol. The third-order valence-corrected chi connectivity index (χ3v) is 2.27. The first-order valence-corrected chi connectivity index (χ1v) is 3.81. The van der Waals surface area contributed by atoms with Crippen LogP contribution in [0.15, 0.2) is 12.5 Å². The Morgan fingerprint density at radius 2 is 2.45 bits per heavy atom. The Hall–Kier alpha value is -1.12. The molecule has 11 heavy (non-hydrogen) atoms. The number of aromatic nitrogens is 2. The lowest BCUT2D eigenvalue weighted by Gasteiger charge is -2.16. The van der Waals surface area contributed by atoms with Gasteiger partial charge in [-0.1, -0.05) is 0 Å². The van der Waals surface area contributed by atoms with E-state index in [-0.39, 0.29) is 0 Å². The van der Waals surface area contributed by atoms with Crippen LogP contribution in [0, 0.1) is 0 Å². The van der Waals surface area contributed by atoms with Crippen molar-refractivity contribution in [3.8, 4) is 0 Å². The van der Waals surface area contributed by atoms with Crippen LogP contribution in [0.3, 0.4) is 0 Å². The second-order valence-corrected chi connectivity index (χ2v) is 3.04. The van der Waals surface area contributed by atoms with Gasteiger partial charge in [-0.3, -0.25) is 0 Å². The molecule has 0 saturated heterocycles. The van der Waals surface area contributed by atoms with Crippen molar-refractivity contribution in [3.05, 3.63) is 18.1 Å². The van der Waals surface area contributed by atoms with Crippen molar-refractivity contribution in [1.82, 2.24) is 9.97 Å². The highest BCUT2D eigenvalue weighted by molar-refractivity contribution is 5.51. The molecule has 0 amide bonds. The Labute approximate surface area is 66.1 Å². The maximum Gasteiger partial charge on any atom is 0.135 e. The number of rotatable bonds is 0. The van der Waals surface area contributed by atoms with Gasteiger partial charge in [0.25, 0.3) is 0 Å². The minimum atomic E-state index is 0.571. The summed E-state index contributed by atoms with van der Waals surface area (Å²) in [5.41, 5.74) is 1.27. The fraction of sp³-hybridized carbons (Fsp3) is 0.500. The number of fused-ring (bicyclic) bond motifs is 1. The summed E-state index contributed by atoms with van der Waals surface area (Å²) in [6.45, 7) is 2.20. The molecule has 1 aliphatic rings. The van der Waals surface area contributed by atoms with Gasteiger partial charge in [-0.2, -0.15) is 0 Å². The van der Waals surface area contributed by atoms with Crippen LogP contribution in [0.4, 0.5) is 5.82 Å². The summed E-state index contributed by atoms with van der Waals surface area (Å²) in [7, 11) is 2.07. The standard InChI is InChI=1S/C8H11N3/c1-6-3-7-4-9-5-10-8(7)11(6)2/h4-6H,3H2,1-2H3. The fourth-order valence-electron chi connectivity index (χ4n) is 1.48. The van der Waals surface area contributed by atoms with Crippen molar-refractivity contribution in [3.63, 3.8) is 0 Å². The molecule has 1 aliphatic heterocycles. The molecule has 1 unspecified atom stereocenters. The molecule has 58 valence electrons. The highest BCUT2D eigenvalue weighted by Crippen LogP contribution is 2.26. The molecule has 0 fully saturated rings. The van der Waals surface area contributed by atoms with Crippen molar-refractivity contribution in [2.24, 2.45) is 0 Å². The zero-order chi connectivity index (χ0) is 7.84. The number of anilines is 1. The molecule has 1 aromatic rings. The lowest BCUT2D eigenvalue weighted by Crippen LogP contribution is -2.24. The summed E-state index contributed by atoms with van der Waals surface area (Å²) in [5.74, 6) is 1.09. The van der Waals surface area contributed by atoms with Gasteiger partial charge < -0.3 is 4.90 Å². The predicted molar refractivity (Wildman–Crippen MR) is 43.6 cm³/mol. The number of likely N-dealkylation sites (N-methyl/N-ethyl adjacent to an activating group) is 1. The zero-order valence-electron chi connectivity index (χ0n) is 6.78. The van der Waals surface area contributed by atoms with Gasteiger partial charge in [-0.25, -0.2) is 9.97 Å². The molecule has 0 radical (unpaired) electrons. The van der Waals surface area contributed by atoms with Crippen LogP contribution in [0.1, 0.15) is 12.5 Å². The Balaban J connectivity index is 2.47. The van der Waals surface area contributed by atoms with E-state index in [4.69, 9.17) is 0 Å². The van der Waals surface area contributed by atoms with Gasteiger partial charge in [0.15, 0.2) is 0 Å². The van der Waals surface area contributed by atoms with E-state index in [0.29, 0.717) is 6.04 Å². The summed E-state index contributed by atoms with van der Waals surface area (Å²) in [6, 6.07) is 0.571. The first-order chi connectivity index (χ1) is 5.29. The van der Waals surface area contributed by atoms with Gasteiger partial charge in [0.1, 0.15) is 12.1 Å². The predicted octanol–water partition coefficient (Wildman–Crippen LogP) is 0.857. The third kappa shape index (κ3) is 0.878. The topological polar surface area (TPSA) is 29.0 Å². The van der Waals surface area contributed by atoms with Gasteiger partial charge in [-0.15, -0.1) is 0 Å². The van der Waals surface area contributed by atoms with Crippen LogP contribution >= 0.6 is 0 Å². The van der Waals surface area contributed by atoms with E-state index in [9.17, 15) is 0 Å². The molecular weight excluding hydrogens is 138 g/mol. The van der Waals surface area contributed by atoms with E-state index < -0.39 is 0 Å². The van der Waals surface area contributed by atoms with Crippen LogP contribution in [-0.2, 0) is 6.42 Å². The normalized spacial score (nSPS) is 22.0. The third-order valence-electron chi connectivity index (χ3n) is 2.27. The lowest BCUT2D eigenvalue weighted by molar-refractivity contribution is 0.728. The van der Waals surface area contributed by atoms with Crippen molar-refractivity contribution < 1.29 is 0 Å². The van der Waals surface area contributed by atoms with Gasteiger partial charge >= 0.3 is 0 Å². The Bertz CT molecular complexity index is 272. The molecule has 3 nitrogen and oxygen atoms in total. The molecule has 0 saturated carbocycles. The van der Waals surface area contributed by atoms with E-state index in [2.05, 4.69) is 28.8 Å². The quantitative estimate of drug-likeness (QED) is 0.547. The van der Waals surface area contributed by atoms with Gasteiger partial charge in [0.05, 0.1) is 0 Å². The Morgan fingerprint density at radius 3 is 3.18 bits per heavy atom. The number of hydrogen-bond acceptors (Lipinski definition) is 3. The second-order valence-electron chi connectivity index (χ2n) is 3.04. The van der Waals surface area contributed by atoms with E-state index in [1.807, 2.05) is 6.20 Å². The van der Waals surface area contributed by atoms with Crippen LogP contribution in [0.5, 0.6) is 0 Å². The molecule has 1 aromatic heterocycles. The molecular formula is C8H11N3. The molecule has 1 atom stereocenters. The van der Waals surface area contributed by atoms with Crippen LogP contribution in [0.25, 0.3) is 0 Å². The van der Waals surface area contributed by atoms with Crippen molar-refractivity contribution in [2.45, 2.75) is 19.4 Å². The first-order valence-electron chi connectivity index (χ1n) is 3.81. The maximum atomic E-state index is 4.21. The molecule has 2 rings (SSSR count). The van der Waals surface area contributed by atoms with Crippen molar-refractivity contribution in [2.75, 3.05) is 11.9 Å². The van der Waals surface area contributed by atoms with Gasteiger partial charge in [0.2, 0.25) is 0 Å². The molecule has 3 heteroatoms. The summed E-state index contributed by atoms with van der Waals surface area (Å²) >= 11 is 0. The van der Waals surface area contributed by atoms with E-state index in [1.165, 1.54) is 5.56 Å². The summed E-state index contributed by atoms with van der Waals surface area (Å²) in [4.78, 5) is 10.4. The fourth-order valence-corrected chi connectivity index (χ4v) is 1.48.